The molecule has 1 atom stereocenters. The zero-order chi connectivity index (χ0) is 17.8. The lowest BCUT2D eigenvalue weighted by Gasteiger charge is -2.23. The fourth-order valence-electron chi connectivity index (χ4n) is 2.43. The Morgan fingerprint density at radius 1 is 1.28 bits per heavy atom. The summed E-state index contributed by atoms with van der Waals surface area (Å²) in [5.41, 5.74) is 0. The minimum absolute atomic E-state index is 0.0822. The van der Waals surface area contributed by atoms with Crippen molar-refractivity contribution in [2.75, 3.05) is 12.8 Å². The van der Waals surface area contributed by atoms with Gasteiger partial charge in [-0.25, -0.2) is 0 Å². The van der Waals surface area contributed by atoms with E-state index in [1.165, 1.54) is 16.6 Å². The molecule has 0 radical (unpaired) electrons. The van der Waals surface area contributed by atoms with Crippen LogP contribution in [0.4, 0.5) is 0 Å². The Morgan fingerprint density at radius 3 is 2.68 bits per heavy atom. The molecule has 0 bridgehead atoms. The smallest absolute Gasteiger partial charge is 0.233 e. The van der Waals surface area contributed by atoms with Crippen LogP contribution < -0.4 is 0 Å². The van der Waals surface area contributed by atoms with Gasteiger partial charge in [0.2, 0.25) is 5.91 Å². The summed E-state index contributed by atoms with van der Waals surface area (Å²) >= 11 is 4.76. The summed E-state index contributed by atoms with van der Waals surface area (Å²) < 4.78 is 2.06. The van der Waals surface area contributed by atoms with Crippen LogP contribution in [0, 0.1) is 0 Å². The molecule has 0 aliphatic carbocycles. The van der Waals surface area contributed by atoms with Gasteiger partial charge in [0.05, 0.1) is 16.7 Å². The van der Waals surface area contributed by atoms with Gasteiger partial charge in [-0.3, -0.25) is 4.79 Å². The molecule has 1 amide bonds. The molecule has 3 rings (SSSR count). The number of carbonyl (C=O) groups is 1. The van der Waals surface area contributed by atoms with Crippen molar-refractivity contribution in [3.63, 3.8) is 0 Å². The Bertz CT molecular complexity index is 811. The summed E-state index contributed by atoms with van der Waals surface area (Å²) in [4.78, 5) is 16.6. The molecule has 0 N–H and O–H groups in total. The fraction of sp³-hybridized carbons (Fsp3) is 0.353. The predicted octanol–water partition coefficient (Wildman–Crippen LogP) is 4.40. The maximum atomic E-state index is 12.5. The van der Waals surface area contributed by atoms with Crippen molar-refractivity contribution in [2.24, 2.45) is 0 Å². The highest BCUT2D eigenvalue weighted by Crippen LogP contribution is 2.28. The van der Waals surface area contributed by atoms with Crippen molar-refractivity contribution in [3.05, 3.63) is 39.9 Å². The molecule has 0 spiro atoms. The first kappa shape index (κ1) is 18.2. The molecule has 25 heavy (non-hydrogen) atoms. The number of hydrogen-bond donors (Lipinski definition) is 0. The third-order valence-electron chi connectivity index (χ3n) is 4.03. The van der Waals surface area contributed by atoms with Crippen LogP contribution in [0.15, 0.2) is 40.2 Å². The molecule has 0 aromatic carbocycles. The van der Waals surface area contributed by atoms with E-state index in [-0.39, 0.29) is 11.9 Å². The van der Waals surface area contributed by atoms with Gasteiger partial charge < -0.3 is 9.47 Å². The average molecular weight is 393 g/mol. The van der Waals surface area contributed by atoms with E-state index in [0.29, 0.717) is 5.75 Å². The van der Waals surface area contributed by atoms with Crippen LogP contribution >= 0.6 is 34.4 Å². The Hall–Kier alpha value is -1.64. The first-order valence-electron chi connectivity index (χ1n) is 8.00. The van der Waals surface area contributed by atoms with E-state index in [1.807, 2.05) is 36.0 Å². The fourth-order valence-corrected chi connectivity index (χ4v) is 4.90. The van der Waals surface area contributed by atoms with Crippen molar-refractivity contribution < 1.29 is 4.79 Å². The van der Waals surface area contributed by atoms with Gasteiger partial charge in [-0.2, -0.15) is 0 Å². The molecule has 3 aromatic heterocycles. The van der Waals surface area contributed by atoms with E-state index in [2.05, 4.69) is 34.7 Å². The van der Waals surface area contributed by atoms with Gasteiger partial charge in [0.25, 0.3) is 0 Å². The van der Waals surface area contributed by atoms with Crippen LogP contribution in [0.5, 0.6) is 0 Å². The number of thioether (sulfide) groups is 1. The van der Waals surface area contributed by atoms with Crippen LogP contribution in [0.1, 0.15) is 24.8 Å². The van der Waals surface area contributed by atoms with Gasteiger partial charge in [0.1, 0.15) is 0 Å². The van der Waals surface area contributed by atoms with Crippen molar-refractivity contribution >= 4 is 40.3 Å². The first-order chi connectivity index (χ1) is 12.1. The third kappa shape index (κ3) is 3.96. The zero-order valence-corrected chi connectivity index (χ0v) is 16.8. The molecule has 8 heteroatoms. The average Bonchev–Trinajstić information content (AvgIpc) is 3.38. The van der Waals surface area contributed by atoms with Crippen molar-refractivity contribution in [3.8, 4) is 10.7 Å². The zero-order valence-electron chi connectivity index (χ0n) is 14.4. The van der Waals surface area contributed by atoms with Gasteiger partial charge in [0, 0.05) is 18.5 Å². The second-order valence-electron chi connectivity index (χ2n) is 5.51. The van der Waals surface area contributed by atoms with Crippen LogP contribution in [0.2, 0.25) is 0 Å². The van der Waals surface area contributed by atoms with Crippen LogP contribution in [-0.2, 0) is 11.3 Å². The molecular weight excluding hydrogens is 372 g/mol. The molecule has 0 aliphatic heterocycles. The SMILES string of the molecule is CCn1c(SCC(=O)N(C)C(C)c2cccs2)nnc1-c1cccs1. The molecule has 0 saturated heterocycles. The van der Waals surface area contributed by atoms with Crippen LogP contribution in [0.25, 0.3) is 10.7 Å². The molecule has 3 heterocycles. The molecular formula is C17H20N4OS3. The second kappa shape index (κ2) is 8.16. The molecule has 0 saturated carbocycles. The summed E-state index contributed by atoms with van der Waals surface area (Å²) in [6.45, 7) is 4.90. The highest BCUT2D eigenvalue weighted by molar-refractivity contribution is 7.99. The van der Waals surface area contributed by atoms with E-state index >= 15 is 0 Å². The maximum absolute atomic E-state index is 12.5. The minimum atomic E-state index is 0.0822. The summed E-state index contributed by atoms with van der Waals surface area (Å²) in [6.07, 6.45) is 0. The predicted molar refractivity (Wildman–Crippen MR) is 105 cm³/mol. The van der Waals surface area contributed by atoms with E-state index in [9.17, 15) is 4.79 Å². The number of thiophene rings is 2. The quantitative estimate of drug-likeness (QED) is 0.559. The largest absolute Gasteiger partial charge is 0.337 e. The molecule has 132 valence electrons. The third-order valence-corrected chi connectivity index (χ3v) is 6.89. The second-order valence-corrected chi connectivity index (χ2v) is 8.38. The van der Waals surface area contributed by atoms with Crippen molar-refractivity contribution in [1.82, 2.24) is 19.7 Å². The van der Waals surface area contributed by atoms with Crippen LogP contribution in [-0.4, -0.2) is 38.4 Å². The molecule has 0 fully saturated rings. The number of hydrogen-bond acceptors (Lipinski definition) is 6. The normalized spacial score (nSPS) is 12.3. The lowest BCUT2D eigenvalue weighted by molar-refractivity contribution is -0.128. The van der Waals surface area contributed by atoms with Crippen molar-refractivity contribution in [2.45, 2.75) is 31.6 Å². The highest BCUT2D eigenvalue weighted by Gasteiger charge is 2.20. The van der Waals surface area contributed by atoms with E-state index in [0.717, 1.165) is 22.4 Å². The Balaban J connectivity index is 1.66. The summed E-state index contributed by atoms with van der Waals surface area (Å²) in [5.74, 6) is 1.32. The Labute approximate surface area is 159 Å². The van der Waals surface area contributed by atoms with Gasteiger partial charge in [-0.1, -0.05) is 23.9 Å². The summed E-state index contributed by atoms with van der Waals surface area (Å²) in [6, 6.07) is 8.20. The Kier molecular flexibility index (Phi) is 5.93. The van der Waals surface area contributed by atoms with Gasteiger partial charge in [-0.05, 0) is 36.7 Å². The monoisotopic (exact) mass is 392 g/mol. The molecule has 0 aliphatic rings. The summed E-state index contributed by atoms with van der Waals surface area (Å²) in [7, 11) is 1.86. The number of aromatic nitrogens is 3. The lowest BCUT2D eigenvalue weighted by atomic mass is 10.2. The molecule has 3 aromatic rings. The summed E-state index contributed by atoms with van der Waals surface area (Å²) in [5, 5.41) is 13.4. The van der Waals surface area contributed by atoms with E-state index in [1.54, 1.807) is 27.6 Å². The number of rotatable bonds is 7. The Morgan fingerprint density at radius 2 is 2.04 bits per heavy atom. The van der Waals surface area contributed by atoms with Gasteiger partial charge in [0.15, 0.2) is 11.0 Å². The first-order valence-corrected chi connectivity index (χ1v) is 10.7. The minimum Gasteiger partial charge on any atom is -0.337 e. The van der Waals surface area contributed by atoms with Crippen LogP contribution in [0.3, 0.4) is 0 Å². The topological polar surface area (TPSA) is 51.0 Å². The van der Waals surface area contributed by atoms with E-state index in [4.69, 9.17) is 0 Å². The van der Waals surface area contributed by atoms with Gasteiger partial charge in [-0.15, -0.1) is 32.9 Å². The molecule has 1 unspecified atom stereocenters. The number of amides is 1. The van der Waals surface area contributed by atoms with Crippen molar-refractivity contribution in [1.29, 1.82) is 0 Å². The van der Waals surface area contributed by atoms with Gasteiger partial charge >= 0.3 is 0 Å². The lowest BCUT2D eigenvalue weighted by Crippen LogP contribution is -2.30. The molecule has 5 nitrogen and oxygen atoms in total. The highest BCUT2D eigenvalue weighted by atomic mass is 32.2. The maximum Gasteiger partial charge on any atom is 0.233 e. The van der Waals surface area contributed by atoms with E-state index < -0.39 is 0 Å². The number of nitrogens with zero attached hydrogens (tertiary/aromatic N) is 4. The number of carbonyl (C=O) groups excluding carboxylic acids is 1. The standard InChI is InChI=1S/C17H20N4OS3/c1-4-21-16(14-8-6-10-24-14)18-19-17(21)25-11-15(22)20(3)12(2)13-7-5-9-23-13/h5-10,12H,4,11H2,1-3H3.